The second-order valence-electron chi connectivity index (χ2n) is 7.74. The lowest BCUT2D eigenvalue weighted by atomic mass is 9.98. The zero-order valence-corrected chi connectivity index (χ0v) is 18.7. The fourth-order valence-electron chi connectivity index (χ4n) is 3.92. The Balaban J connectivity index is 1.42. The summed E-state index contributed by atoms with van der Waals surface area (Å²) < 4.78 is 5.49. The van der Waals surface area contributed by atoms with E-state index in [1.54, 1.807) is 12.3 Å². The highest BCUT2D eigenvalue weighted by atomic mass is 32.1. The quantitative estimate of drug-likeness (QED) is 0.460. The number of thiazole rings is 1. The van der Waals surface area contributed by atoms with Gasteiger partial charge in [0, 0.05) is 17.7 Å². The molecule has 33 heavy (non-hydrogen) atoms. The summed E-state index contributed by atoms with van der Waals surface area (Å²) in [6.45, 7) is 1.89. The summed E-state index contributed by atoms with van der Waals surface area (Å²) in [4.78, 5) is 40.4. The maximum Gasteiger partial charge on any atom is 0.407 e. The first-order valence-electron chi connectivity index (χ1n) is 10.5. The molecule has 0 saturated carbocycles. The second kappa shape index (κ2) is 9.83. The summed E-state index contributed by atoms with van der Waals surface area (Å²) in [5.74, 6) is -1.72. The van der Waals surface area contributed by atoms with Crippen molar-refractivity contribution in [3.8, 4) is 11.1 Å². The van der Waals surface area contributed by atoms with E-state index < -0.39 is 24.0 Å². The van der Waals surface area contributed by atoms with Crippen molar-refractivity contribution in [2.24, 2.45) is 0 Å². The molecule has 1 aromatic heterocycles. The molecule has 0 aliphatic heterocycles. The van der Waals surface area contributed by atoms with Crippen molar-refractivity contribution in [2.75, 3.05) is 11.9 Å². The van der Waals surface area contributed by atoms with Crippen LogP contribution in [0.25, 0.3) is 11.1 Å². The van der Waals surface area contributed by atoms with E-state index >= 15 is 0 Å². The highest BCUT2D eigenvalue weighted by molar-refractivity contribution is 7.13. The number of carbonyl (C=O) groups excluding carboxylic acids is 2. The van der Waals surface area contributed by atoms with Gasteiger partial charge in [-0.3, -0.25) is 9.59 Å². The summed E-state index contributed by atoms with van der Waals surface area (Å²) in [6.07, 6.45) is -1.13. The maximum absolute atomic E-state index is 12.7. The van der Waals surface area contributed by atoms with Gasteiger partial charge in [0.25, 0.3) is 0 Å². The van der Waals surface area contributed by atoms with Gasteiger partial charge in [-0.1, -0.05) is 48.5 Å². The molecule has 8 nitrogen and oxygen atoms in total. The molecule has 3 aromatic rings. The Morgan fingerprint density at radius 3 is 2.30 bits per heavy atom. The third-order valence-electron chi connectivity index (χ3n) is 5.45. The Hall–Kier alpha value is -3.72. The zero-order valence-electron chi connectivity index (χ0n) is 17.9. The van der Waals surface area contributed by atoms with Crippen LogP contribution in [0.4, 0.5) is 9.93 Å². The van der Waals surface area contributed by atoms with Gasteiger partial charge in [-0.05, 0) is 35.6 Å². The number of carboxylic acids is 1. The van der Waals surface area contributed by atoms with Crippen molar-refractivity contribution in [1.29, 1.82) is 0 Å². The number of benzene rings is 2. The molecule has 170 valence electrons. The van der Waals surface area contributed by atoms with Crippen molar-refractivity contribution >= 4 is 34.4 Å². The largest absolute Gasteiger partial charge is 0.481 e. The Bertz CT molecular complexity index is 1150. The normalized spacial score (nSPS) is 13.0. The Labute approximate surface area is 194 Å². The molecule has 0 spiro atoms. The number of alkyl carbamates (subject to hydrolysis) is 1. The number of aliphatic carboxylic acids is 1. The van der Waals surface area contributed by atoms with E-state index in [1.807, 2.05) is 48.5 Å². The predicted molar refractivity (Wildman–Crippen MR) is 124 cm³/mol. The molecule has 4 rings (SSSR count). The number of carbonyl (C=O) groups is 3. The summed E-state index contributed by atoms with van der Waals surface area (Å²) in [5.41, 5.74) is 5.12. The van der Waals surface area contributed by atoms with Crippen LogP contribution >= 0.6 is 11.3 Å². The smallest absolute Gasteiger partial charge is 0.407 e. The molecule has 3 N–H and O–H groups in total. The number of fused-ring (bicyclic) bond motifs is 3. The second-order valence-corrected chi connectivity index (χ2v) is 8.60. The minimum absolute atomic E-state index is 0.0737. The van der Waals surface area contributed by atoms with E-state index in [0.717, 1.165) is 27.9 Å². The van der Waals surface area contributed by atoms with Crippen molar-refractivity contribution in [3.63, 3.8) is 0 Å². The van der Waals surface area contributed by atoms with Gasteiger partial charge in [-0.15, -0.1) is 11.3 Å². The summed E-state index contributed by atoms with van der Waals surface area (Å²) >= 11 is 1.25. The molecular formula is C24H23N3O5S. The van der Waals surface area contributed by atoms with E-state index in [0.29, 0.717) is 5.13 Å². The fraction of sp³-hybridized carbons (Fsp3) is 0.250. The number of amides is 2. The Morgan fingerprint density at radius 1 is 1.09 bits per heavy atom. The minimum Gasteiger partial charge on any atom is -0.481 e. The Kier molecular flexibility index (Phi) is 6.69. The number of nitrogens with zero attached hydrogens (tertiary/aromatic N) is 1. The fourth-order valence-corrected chi connectivity index (χ4v) is 4.61. The number of carboxylic acid groups (broad SMARTS) is 1. The Morgan fingerprint density at radius 2 is 1.73 bits per heavy atom. The number of ether oxygens (including phenoxy) is 1. The predicted octanol–water partition coefficient (Wildman–Crippen LogP) is 4.16. The van der Waals surface area contributed by atoms with Gasteiger partial charge in [0.1, 0.15) is 12.6 Å². The van der Waals surface area contributed by atoms with E-state index in [9.17, 15) is 14.4 Å². The molecule has 9 heteroatoms. The van der Waals surface area contributed by atoms with Gasteiger partial charge in [0.2, 0.25) is 5.91 Å². The van der Waals surface area contributed by atoms with Gasteiger partial charge < -0.3 is 20.5 Å². The third-order valence-corrected chi connectivity index (χ3v) is 6.32. The van der Waals surface area contributed by atoms with Gasteiger partial charge in [-0.25, -0.2) is 9.78 Å². The van der Waals surface area contributed by atoms with Crippen molar-refractivity contribution in [1.82, 2.24) is 10.3 Å². The van der Waals surface area contributed by atoms with Gasteiger partial charge in [0.15, 0.2) is 5.13 Å². The number of hydrogen-bond donors (Lipinski definition) is 3. The summed E-state index contributed by atoms with van der Waals surface area (Å²) in [7, 11) is 0. The number of aromatic nitrogens is 1. The van der Waals surface area contributed by atoms with Gasteiger partial charge >= 0.3 is 12.1 Å². The molecule has 2 aromatic carbocycles. The molecule has 2 amide bonds. The topological polar surface area (TPSA) is 118 Å². The number of anilines is 1. The van der Waals surface area contributed by atoms with E-state index in [4.69, 9.17) is 9.84 Å². The molecular weight excluding hydrogens is 442 g/mol. The molecule has 0 fully saturated rings. The van der Waals surface area contributed by atoms with Crippen LogP contribution in [0.2, 0.25) is 0 Å². The van der Waals surface area contributed by atoms with Gasteiger partial charge in [-0.2, -0.15) is 0 Å². The molecule has 0 saturated heterocycles. The van der Waals surface area contributed by atoms with E-state index in [-0.39, 0.29) is 25.4 Å². The maximum atomic E-state index is 12.7. The molecule has 1 aliphatic rings. The minimum atomic E-state index is -1.07. The van der Waals surface area contributed by atoms with Crippen molar-refractivity contribution in [3.05, 3.63) is 70.7 Å². The number of hydrogen-bond acceptors (Lipinski definition) is 6. The van der Waals surface area contributed by atoms with Crippen LogP contribution in [0.15, 0.2) is 53.9 Å². The monoisotopic (exact) mass is 465 g/mol. The van der Waals surface area contributed by atoms with Crippen molar-refractivity contribution < 1.29 is 24.2 Å². The van der Waals surface area contributed by atoms with Gasteiger partial charge in [0.05, 0.1) is 5.69 Å². The molecule has 1 aliphatic carbocycles. The lowest BCUT2D eigenvalue weighted by Gasteiger charge is -2.19. The van der Waals surface area contributed by atoms with Crippen LogP contribution in [0.5, 0.6) is 0 Å². The number of rotatable bonds is 8. The average molecular weight is 466 g/mol. The lowest BCUT2D eigenvalue weighted by molar-refractivity contribution is -0.137. The third kappa shape index (κ3) is 5.20. The highest BCUT2D eigenvalue weighted by Gasteiger charge is 2.30. The molecule has 1 atom stereocenters. The first-order chi connectivity index (χ1) is 15.9. The highest BCUT2D eigenvalue weighted by Crippen LogP contribution is 2.44. The lowest BCUT2D eigenvalue weighted by Crippen LogP contribution is -2.44. The molecule has 0 bridgehead atoms. The van der Waals surface area contributed by atoms with Crippen LogP contribution in [-0.4, -0.2) is 40.7 Å². The van der Waals surface area contributed by atoms with E-state index in [1.165, 1.54) is 11.3 Å². The molecule has 1 heterocycles. The SMILES string of the molecule is Cc1csc(NC(=O)C(CCC(=O)O)NC(=O)OCC2c3ccccc3-c3ccccc32)n1. The standard InChI is InChI=1S/C24H23N3O5S/c1-14-13-33-23(25-14)27-22(30)20(10-11-21(28)29)26-24(31)32-12-19-17-8-4-2-6-15(17)16-7-3-5-9-18(16)19/h2-9,13,19-20H,10-12H2,1H3,(H,26,31)(H,28,29)(H,25,27,30). The number of nitrogens with one attached hydrogen (secondary N) is 2. The zero-order chi connectivity index (χ0) is 23.4. The van der Waals surface area contributed by atoms with Crippen LogP contribution in [0.1, 0.15) is 35.6 Å². The van der Waals surface area contributed by atoms with Crippen LogP contribution in [0.3, 0.4) is 0 Å². The van der Waals surface area contributed by atoms with Crippen LogP contribution < -0.4 is 10.6 Å². The first-order valence-corrected chi connectivity index (χ1v) is 11.4. The molecule has 0 radical (unpaired) electrons. The average Bonchev–Trinajstić information content (AvgIpc) is 3.35. The van der Waals surface area contributed by atoms with Crippen LogP contribution in [-0.2, 0) is 14.3 Å². The number of aryl methyl sites for hydroxylation is 1. The van der Waals surface area contributed by atoms with Crippen LogP contribution in [0, 0.1) is 6.92 Å². The van der Waals surface area contributed by atoms with Crippen molar-refractivity contribution in [2.45, 2.75) is 31.7 Å². The first kappa shape index (κ1) is 22.5. The summed E-state index contributed by atoms with van der Waals surface area (Å²) in [5, 5.41) is 16.3. The molecule has 1 unspecified atom stereocenters. The summed E-state index contributed by atoms with van der Waals surface area (Å²) in [6, 6.07) is 14.9. The van der Waals surface area contributed by atoms with E-state index in [2.05, 4.69) is 15.6 Å².